The lowest BCUT2D eigenvalue weighted by Crippen LogP contribution is -1.68. The summed E-state index contributed by atoms with van der Waals surface area (Å²) in [4.78, 5) is 0. The van der Waals surface area contributed by atoms with Crippen LogP contribution < -0.4 is 0 Å². The summed E-state index contributed by atoms with van der Waals surface area (Å²) in [6.07, 6.45) is 0. The molecule has 0 amide bonds. The fourth-order valence-corrected chi connectivity index (χ4v) is 2.97. The first-order valence-corrected chi connectivity index (χ1v) is 8.36. The topological polar surface area (TPSA) is 26.3 Å². The van der Waals surface area contributed by atoms with Crippen molar-refractivity contribution in [3.05, 3.63) is 60.7 Å². The molecule has 0 atom stereocenters. The van der Waals surface area contributed by atoms with Gasteiger partial charge in [-0.25, -0.2) is 0 Å². The van der Waals surface area contributed by atoms with Crippen molar-refractivity contribution < 1.29 is 8.83 Å². The van der Waals surface area contributed by atoms with Crippen molar-refractivity contribution in [2.75, 3.05) is 0 Å². The molecule has 5 rings (SSSR count). The average molecular weight is 316 g/mol. The standard InChI is InChI=1S/C18H10O2.C4H10/c1-3-7-15-11(5-1)13-9-10-14-12-6-2-4-8-16(12)20-18(14)17(13)19-15;1-4(2)3/h1-10H;4H,1-3H3. The third kappa shape index (κ3) is 2.35. The van der Waals surface area contributed by atoms with Crippen LogP contribution in [-0.4, -0.2) is 0 Å². The Kier molecular flexibility index (Phi) is 3.53. The molecular formula is C22H20O2. The van der Waals surface area contributed by atoms with Gasteiger partial charge in [0, 0.05) is 21.5 Å². The lowest BCUT2D eigenvalue weighted by Gasteiger charge is -1.90. The van der Waals surface area contributed by atoms with Crippen LogP contribution in [0.3, 0.4) is 0 Å². The Morgan fingerprint density at radius 1 is 0.542 bits per heavy atom. The molecule has 5 aromatic rings. The summed E-state index contributed by atoms with van der Waals surface area (Å²) in [5, 5.41) is 4.47. The van der Waals surface area contributed by atoms with Gasteiger partial charge in [0.1, 0.15) is 11.2 Å². The van der Waals surface area contributed by atoms with E-state index in [0.717, 1.165) is 49.8 Å². The molecule has 0 bridgehead atoms. The van der Waals surface area contributed by atoms with Gasteiger partial charge in [-0.05, 0) is 30.2 Å². The van der Waals surface area contributed by atoms with Crippen LogP contribution in [0, 0.1) is 5.92 Å². The van der Waals surface area contributed by atoms with Gasteiger partial charge >= 0.3 is 0 Å². The summed E-state index contributed by atoms with van der Waals surface area (Å²) in [6, 6.07) is 20.4. The van der Waals surface area contributed by atoms with Crippen LogP contribution in [0.25, 0.3) is 43.9 Å². The van der Waals surface area contributed by atoms with E-state index >= 15 is 0 Å². The van der Waals surface area contributed by atoms with Crippen molar-refractivity contribution in [2.45, 2.75) is 20.8 Å². The van der Waals surface area contributed by atoms with E-state index in [1.807, 2.05) is 36.4 Å². The summed E-state index contributed by atoms with van der Waals surface area (Å²) in [5.41, 5.74) is 3.46. The maximum atomic E-state index is 6.00. The van der Waals surface area contributed by atoms with E-state index in [1.54, 1.807) is 0 Å². The van der Waals surface area contributed by atoms with Crippen LogP contribution in [0.4, 0.5) is 0 Å². The van der Waals surface area contributed by atoms with Crippen LogP contribution in [0.5, 0.6) is 0 Å². The number of hydrogen-bond donors (Lipinski definition) is 0. The number of hydrogen-bond acceptors (Lipinski definition) is 2. The first-order valence-electron chi connectivity index (χ1n) is 8.36. The SMILES string of the molecule is CC(C)C.c1ccc2c(c1)oc1c2ccc2c3ccccc3oc21. The van der Waals surface area contributed by atoms with Gasteiger partial charge < -0.3 is 8.83 Å². The number of rotatable bonds is 0. The zero-order valence-electron chi connectivity index (χ0n) is 14.2. The highest BCUT2D eigenvalue weighted by atomic mass is 16.4. The fraction of sp³-hybridized carbons (Fsp3) is 0.182. The first kappa shape index (κ1) is 14.8. The quantitative estimate of drug-likeness (QED) is 0.303. The molecule has 0 unspecified atom stereocenters. The van der Waals surface area contributed by atoms with Crippen molar-refractivity contribution in [1.82, 2.24) is 0 Å². The molecule has 2 heterocycles. The predicted octanol–water partition coefficient (Wildman–Crippen LogP) is 7.15. The molecule has 0 aliphatic rings. The molecule has 0 N–H and O–H groups in total. The minimum absolute atomic E-state index is 0.833. The maximum absolute atomic E-state index is 6.00. The van der Waals surface area contributed by atoms with E-state index in [-0.39, 0.29) is 0 Å². The van der Waals surface area contributed by atoms with E-state index in [2.05, 4.69) is 45.0 Å². The van der Waals surface area contributed by atoms with Gasteiger partial charge in [-0.2, -0.15) is 0 Å². The van der Waals surface area contributed by atoms with Gasteiger partial charge in [-0.3, -0.25) is 0 Å². The van der Waals surface area contributed by atoms with Gasteiger partial charge in [0.2, 0.25) is 0 Å². The normalized spacial score (nSPS) is 11.5. The summed E-state index contributed by atoms with van der Waals surface area (Å²) in [6.45, 7) is 6.50. The molecule has 0 aliphatic carbocycles. The molecule has 2 aromatic heterocycles. The molecule has 120 valence electrons. The van der Waals surface area contributed by atoms with Crippen LogP contribution in [0.15, 0.2) is 69.5 Å². The molecule has 0 aliphatic heterocycles. The van der Waals surface area contributed by atoms with Gasteiger partial charge in [-0.15, -0.1) is 0 Å². The smallest absolute Gasteiger partial charge is 0.178 e. The maximum Gasteiger partial charge on any atom is 0.178 e. The zero-order chi connectivity index (χ0) is 16.7. The van der Waals surface area contributed by atoms with Crippen LogP contribution in [0.1, 0.15) is 20.8 Å². The Morgan fingerprint density at radius 3 is 1.33 bits per heavy atom. The van der Waals surface area contributed by atoms with Gasteiger partial charge in [0.05, 0.1) is 0 Å². The largest absolute Gasteiger partial charge is 0.452 e. The zero-order valence-corrected chi connectivity index (χ0v) is 14.2. The second-order valence-corrected chi connectivity index (χ2v) is 6.75. The Bertz CT molecular complexity index is 1050. The van der Waals surface area contributed by atoms with Crippen molar-refractivity contribution in [2.24, 2.45) is 5.92 Å². The van der Waals surface area contributed by atoms with Crippen LogP contribution in [-0.2, 0) is 0 Å². The average Bonchev–Trinajstić information content (AvgIpc) is 3.12. The summed E-state index contributed by atoms with van der Waals surface area (Å²) < 4.78 is 12.0. The van der Waals surface area contributed by atoms with E-state index in [4.69, 9.17) is 8.83 Å². The van der Waals surface area contributed by atoms with Gasteiger partial charge in [0.15, 0.2) is 11.2 Å². The lowest BCUT2D eigenvalue weighted by atomic mass is 10.1. The molecule has 0 saturated carbocycles. The molecule has 0 radical (unpaired) electrons. The first-order chi connectivity index (χ1) is 11.6. The molecule has 24 heavy (non-hydrogen) atoms. The lowest BCUT2D eigenvalue weighted by molar-refractivity contribution is 0.633. The molecule has 0 saturated heterocycles. The van der Waals surface area contributed by atoms with Crippen LogP contribution in [0.2, 0.25) is 0 Å². The van der Waals surface area contributed by atoms with Gasteiger partial charge in [-0.1, -0.05) is 57.2 Å². The van der Waals surface area contributed by atoms with Crippen molar-refractivity contribution >= 4 is 43.9 Å². The molecule has 3 aromatic carbocycles. The van der Waals surface area contributed by atoms with Crippen molar-refractivity contribution in [3.8, 4) is 0 Å². The monoisotopic (exact) mass is 316 g/mol. The Morgan fingerprint density at radius 2 is 0.917 bits per heavy atom. The summed E-state index contributed by atoms with van der Waals surface area (Å²) in [7, 11) is 0. The third-order valence-corrected chi connectivity index (χ3v) is 3.89. The second kappa shape index (κ2) is 5.72. The molecule has 2 nitrogen and oxygen atoms in total. The molecule has 0 fully saturated rings. The number of fused-ring (bicyclic) bond motifs is 7. The van der Waals surface area contributed by atoms with Crippen molar-refractivity contribution in [3.63, 3.8) is 0 Å². The third-order valence-electron chi connectivity index (χ3n) is 3.89. The van der Waals surface area contributed by atoms with Crippen LogP contribution >= 0.6 is 0 Å². The Balaban J connectivity index is 0.000000332. The highest BCUT2D eigenvalue weighted by Crippen LogP contribution is 2.38. The van der Waals surface area contributed by atoms with Crippen molar-refractivity contribution in [1.29, 1.82) is 0 Å². The number of furan rings is 2. The van der Waals surface area contributed by atoms with E-state index in [1.165, 1.54) is 0 Å². The Labute approximate surface area is 140 Å². The van der Waals surface area contributed by atoms with Gasteiger partial charge in [0.25, 0.3) is 0 Å². The minimum Gasteiger partial charge on any atom is -0.452 e. The van der Waals surface area contributed by atoms with E-state index in [0.29, 0.717) is 0 Å². The van der Waals surface area contributed by atoms with E-state index in [9.17, 15) is 0 Å². The Hall–Kier alpha value is -2.74. The number of benzene rings is 3. The summed E-state index contributed by atoms with van der Waals surface area (Å²) >= 11 is 0. The molecule has 0 spiro atoms. The summed E-state index contributed by atoms with van der Waals surface area (Å²) in [5.74, 6) is 0.833. The second-order valence-electron chi connectivity index (χ2n) is 6.75. The highest BCUT2D eigenvalue weighted by Gasteiger charge is 2.14. The number of para-hydroxylation sites is 2. The fourth-order valence-electron chi connectivity index (χ4n) is 2.97. The predicted molar refractivity (Wildman–Crippen MR) is 102 cm³/mol. The van der Waals surface area contributed by atoms with E-state index < -0.39 is 0 Å². The highest BCUT2D eigenvalue weighted by molar-refractivity contribution is 6.18. The molecule has 2 heteroatoms. The minimum atomic E-state index is 0.833. The molecular weight excluding hydrogens is 296 g/mol.